The Hall–Kier alpha value is -0.800. The van der Waals surface area contributed by atoms with E-state index in [0.29, 0.717) is 10.8 Å². The highest BCUT2D eigenvalue weighted by atomic mass is 79.9. The molecule has 0 saturated carbocycles. The Morgan fingerprint density at radius 1 is 1.40 bits per heavy atom. The topological polar surface area (TPSA) is 38.9 Å². The molecule has 0 radical (unpaired) electrons. The maximum atomic E-state index is 6.08. The van der Waals surface area contributed by atoms with Crippen LogP contribution < -0.4 is 5.73 Å². The average molecular weight is 286 g/mol. The Morgan fingerprint density at radius 2 is 2.13 bits per heavy atom. The summed E-state index contributed by atoms with van der Waals surface area (Å²) in [4.78, 5) is 4.31. The van der Waals surface area contributed by atoms with E-state index in [0.717, 1.165) is 27.4 Å². The van der Waals surface area contributed by atoms with Gasteiger partial charge in [-0.25, -0.2) is 4.98 Å². The molecule has 0 aliphatic rings. The number of anilines is 1. The van der Waals surface area contributed by atoms with Crippen molar-refractivity contribution in [3.8, 4) is 0 Å². The Kier molecular flexibility index (Phi) is 2.85. The summed E-state index contributed by atoms with van der Waals surface area (Å²) in [5.74, 6) is 0.564. The van der Waals surface area contributed by atoms with Crippen molar-refractivity contribution in [2.24, 2.45) is 0 Å². The third-order valence-electron chi connectivity index (χ3n) is 2.33. The van der Waals surface area contributed by atoms with Gasteiger partial charge < -0.3 is 5.73 Å². The Bertz CT molecular complexity index is 525. The highest BCUT2D eigenvalue weighted by Gasteiger charge is 2.06. The number of nitrogens with two attached hydrogens (primary N) is 1. The van der Waals surface area contributed by atoms with E-state index in [2.05, 4.69) is 27.8 Å². The van der Waals surface area contributed by atoms with E-state index in [1.807, 2.05) is 18.2 Å². The lowest BCUT2D eigenvalue weighted by Crippen LogP contribution is -1.97. The van der Waals surface area contributed by atoms with Crippen molar-refractivity contribution in [1.82, 2.24) is 4.98 Å². The molecule has 0 saturated heterocycles. The van der Waals surface area contributed by atoms with Gasteiger partial charge in [0.25, 0.3) is 0 Å². The zero-order chi connectivity index (χ0) is 11.0. The number of hydrogen-bond acceptors (Lipinski definition) is 2. The van der Waals surface area contributed by atoms with Crippen LogP contribution in [0.25, 0.3) is 10.9 Å². The molecule has 0 aliphatic carbocycles. The molecule has 0 bridgehead atoms. The molecule has 2 aromatic rings. The van der Waals surface area contributed by atoms with E-state index in [-0.39, 0.29) is 0 Å². The average Bonchev–Trinajstić information content (AvgIpc) is 2.18. The van der Waals surface area contributed by atoms with Gasteiger partial charge in [0.2, 0.25) is 0 Å². The van der Waals surface area contributed by atoms with Gasteiger partial charge in [-0.05, 0) is 30.2 Å². The van der Waals surface area contributed by atoms with Crippen LogP contribution in [0.2, 0.25) is 5.02 Å². The number of pyridine rings is 1. The van der Waals surface area contributed by atoms with Crippen LogP contribution in [0.5, 0.6) is 0 Å². The van der Waals surface area contributed by atoms with Gasteiger partial charge in [0, 0.05) is 9.86 Å². The molecule has 4 heteroatoms. The first-order chi connectivity index (χ1) is 7.11. The standard InChI is InChI=1S/C11H10BrClN2/c1-2-6-3-7-4-8(12)5-9(13)10(7)15-11(6)14/h3-5H,2H2,1H3,(H2,14,15). The summed E-state index contributed by atoms with van der Waals surface area (Å²) in [5, 5.41) is 1.63. The number of halogens is 2. The SMILES string of the molecule is CCc1cc2cc(Br)cc(Cl)c2nc1N. The first-order valence-electron chi connectivity index (χ1n) is 4.66. The number of nitrogens with zero attached hydrogens (tertiary/aromatic N) is 1. The Balaban J connectivity index is 2.81. The minimum absolute atomic E-state index is 0.564. The molecule has 0 aliphatic heterocycles. The number of benzene rings is 1. The summed E-state index contributed by atoms with van der Waals surface area (Å²) in [5.41, 5.74) is 7.63. The molecule has 1 aromatic heterocycles. The predicted molar refractivity (Wildman–Crippen MR) is 68.2 cm³/mol. The summed E-state index contributed by atoms with van der Waals surface area (Å²) >= 11 is 9.49. The van der Waals surface area contributed by atoms with Crippen LogP contribution in [0.15, 0.2) is 22.7 Å². The highest BCUT2D eigenvalue weighted by molar-refractivity contribution is 9.10. The van der Waals surface area contributed by atoms with Crippen LogP contribution in [0.4, 0.5) is 5.82 Å². The van der Waals surface area contributed by atoms with Crippen LogP contribution in [-0.4, -0.2) is 4.98 Å². The van der Waals surface area contributed by atoms with Gasteiger partial charge in [-0.2, -0.15) is 0 Å². The number of hydrogen-bond donors (Lipinski definition) is 1. The van der Waals surface area contributed by atoms with Gasteiger partial charge in [0.05, 0.1) is 10.5 Å². The predicted octanol–water partition coefficient (Wildman–Crippen LogP) is 3.80. The summed E-state index contributed by atoms with van der Waals surface area (Å²) in [6.07, 6.45) is 0.874. The van der Waals surface area contributed by atoms with Crippen molar-refractivity contribution in [3.63, 3.8) is 0 Å². The molecule has 1 heterocycles. The first kappa shape index (κ1) is 10.7. The zero-order valence-corrected chi connectivity index (χ0v) is 10.6. The van der Waals surface area contributed by atoms with Crippen molar-refractivity contribution in [1.29, 1.82) is 0 Å². The molecule has 2 N–H and O–H groups in total. The molecule has 0 fully saturated rings. The smallest absolute Gasteiger partial charge is 0.127 e. The van der Waals surface area contributed by atoms with E-state index < -0.39 is 0 Å². The number of rotatable bonds is 1. The molecule has 0 amide bonds. The van der Waals surface area contributed by atoms with Crippen molar-refractivity contribution < 1.29 is 0 Å². The molecular weight excluding hydrogens is 275 g/mol. The number of fused-ring (bicyclic) bond motifs is 1. The lowest BCUT2D eigenvalue weighted by Gasteiger charge is -2.06. The fourth-order valence-electron chi connectivity index (χ4n) is 1.55. The third-order valence-corrected chi connectivity index (χ3v) is 3.08. The lowest BCUT2D eigenvalue weighted by atomic mass is 10.1. The number of aromatic nitrogens is 1. The van der Waals surface area contributed by atoms with Gasteiger partial charge in [0.1, 0.15) is 5.82 Å². The van der Waals surface area contributed by atoms with E-state index in [4.69, 9.17) is 17.3 Å². The van der Waals surface area contributed by atoms with Gasteiger partial charge in [-0.1, -0.05) is 34.5 Å². The van der Waals surface area contributed by atoms with E-state index in [1.54, 1.807) is 0 Å². The van der Waals surface area contributed by atoms with E-state index >= 15 is 0 Å². The lowest BCUT2D eigenvalue weighted by molar-refractivity contribution is 1.13. The second-order valence-electron chi connectivity index (χ2n) is 3.35. The van der Waals surface area contributed by atoms with Crippen LogP contribution in [0.1, 0.15) is 12.5 Å². The van der Waals surface area contributed by atoms with Gasteiger partial charge >= 0.3 is 0 Å². The second-order valence-corrected chi connectivity index (χ2v) is 4.67. The van der Waals surface area contributed by atoms with Crippen molar-refractivity contribution in [3.05, 3.63) is 33.3 Å². The summed E-state index contributed by atoms with van der Waals surface area (Å²) in [7, 11) is 0. The minimum Gasteiger partial charge on any atom is -0.383 e. The molecule has 0 spiro atoms. The second kappa shape index (κ2) is 3.99. The van der Waals surface area contributed by atoms with Crippen LogP contribution >= 0.6 is 27.5 Å². The maximum Gasteiger partial charge on any atom is 0.127 e. The number of nitrogen functional groups attached to an aromatic ring is 1. The molecule has 78 valence electrons. The van der Waals surface area contributed by atoms with Crippen LogP contribution in [-0.2, 0) is 6.42 Å². The van der Waals surface area contributed by atoms with Crippen LogP contribution in [0, 0.1) is 0 Å². The number of aryl methyl sites for hydroxylation is 1. The largest absolute Gasteiger partial charge is 0.383 e. The molecule has 15 heavy (non-hydrogen) atoms. The summed E-state index contributed by atoms with van der Waals surface area (Å²) in [6, 6.07) is 5.85. The summed E-state index contributed by atoms with van der Waals surface area (Å²) in [6.45, 7) is 2.05. The first-order valence-corrected chi connectivity index (χ1v) is 5.83. The normalized spacial score (nSPS) is 10.9. The monoisotopic (exact) mass is 284 g/mol. The fourth-order valence-corrected chi connectivity index (χ4v) is 2.43. The Labute approximate surface area is 102 Å². The quantitative estimate of drug-likeness (QED) is 0.865. The summed E-state index contributed by atoms with van der Waals surface area (Å²) < 4.78 is 0.952. The molecule has 1 aromatic carbocycles. The molecule has 0 unspecified atom stereocenters. The van der Waals surface area contributed by atoms with Crippen molar-refractivity contribution >= 4 is 44.3 Å². The van der Waals surface area contributed by atoms with Crippen LogP contribution in [0.3, 0.4) is 0 Å². The molecule has 2 nitrogen and oxygen atoms in total. The molecule has 0 atom stereocenters. The maximum absolute atomic E-state index is 6.08. The Morgan fingerprint density at radius 3 is 2.80 bits per heavy atom. The molecule has 2 rings (SSSR count). The van der Waals surface area contributed by atoms with E-state index in [9.17, 15) is 0 Å². The molecular formula is C11H10BrClN2. The minimum atomic E-state index is 0.564. The highest BCUT2D eigenvalue weighted by Crippen LogP contribution is 2.29. The van der Waals surface area contributed by atoms with Crippen molar-refractivity contribution in [2.45, 2.75) is 13.3 Å². The van der Waals surface area contributed by atoms with Crippen molar-refractivity contribution in [2.75, 3.05) is 5.73 Å². The van der Waals surface area contributed by atoms with Gasteiger partial charge in [-0.15, -0.1) is 0 Å². The van der Waals surface area contributed by atoms with E-state index in [1.165, 1.54) is 0 Å². The van der Waals surface area contributed by atoms with Gasteiger partial charge in [0.15, 0.2) is 0 Å². The zero-order valence-electron chi connectivity index (χ0n) is 8.22. The fraction of sp³-hybridized carbons (Fsp3) is 0.182. The third kappa shape index (κ3) is 1.94. The van der Waals surface area contributed by atoms with Gasteiger partial charge in [-0.3, -0.25) is 0 Å².